The number of hydrogen-bond acceptors (Lipinski definition) is 13. The van der Waals surface area contributed by atoms with E-state index >= 15 is 4.79 Å². The van der Waals surface area contributed by atoms with Gasteiger partial charge in [0.15, 0.2) is 0 Å². The first-order valence-corrected chi connectivity index (χ1v) is 24.2. The molecule has 0 spiro atoms. The fourth-order valence-electron chi connectivity index (χ4n) is 8.17. The van der Waals surface area contributed by atoms with Gasteiger partial charge in [-0.3, -0.25) is 24.5 Å². The first kappa shape index (κ1) is 54.6. The Balaban J connectivity index is 2.00. The topological polar surface area (TPSA) is 240 Å². The largest absolute Gasteiger partial charge is 0.481 e. The number of nitrogen functional groups attached to an aromatic ring is 1. The maximum atomic E-state index is 15.0. The van der Waals surface area contributed by atoms with Crippen molar-refractivity contribution in [3.63, 3.8) is 0 Å². The number of rotatable bonds is 29. The number of benzene rings is 1. The molecular formula is C47H79N7O9S. The normalized spacial score (nSPS) is 18.1. The molecule has 1 aromatic carbocycles. The Kier molecular flexibility index (Phi) is 23.1. The van der Waals surface area contributed by atoms with Crippen molar-refractivity contribution in [2.24, 2.45) is 17.3 Å². The van der Waals surface area contributed by atoms with Crippen LogP contribution in [0.1, 0.15) is 146 Å². The number of likely N-dealkylation sites (tertiary alicyclic amines) is 1. The Bertz CT molecular complexity index is 1730. The fraction of sp³-hybridized carbons (Fsp3) is 0.723. The van der Waals surface area contributed by atoms with E-state index in [1.54, 1.807) is 31.4 Å². The molecule has 2 heterocycles. The second-order valence-electron chi connectivity index (χ2n) is 18.7. The van der Waals surface area contributed by atoms with Crippen LogP contribution in [0.5, 0.6) is 0 Å². The van der Waals surface area contributed by atoms with Gasteiger partial charge < -0.3 is 51.3 Å². The number of carboxylic acids is 1. The van der Waals surface area contributed by atoms with Gasteiger partial charge in [-0.1, -0.05) is 78.9 Å². The van der Waals surface area contributed by atoms with E-state index < -0.39 is 60.6 Å². The van der Waals surface area contributed by atoms with Gasteiger partial charge in [0, 0.05) is 55.1 Å². The van der Waals surface area contributed by atoms with Crippen LogP contribution in [0, 0.1) is 17.3 Å². The number of carbonyl (C=O) groups excluding carboxylic acids is 3. The fourth-order valence-corrected chi connectivity index (χ4v) is 9.02. The summed E-state index contributed by atoms with van der Waals surface area (Å²) in [7, 11) is 2.04. The highest BCUT2D eigenvalue weighted by Gasteiger charge is 2.38. The molecule has 3 rings (SSSR count). The van der Waals surface area contributed by atoms with Gasteiger partial charge in [0.2, 0.25) is 18.2 Å². The molecule has 2 unspecified atom stereocenters. The number of thiazole rings is 1. The molecule has 64 heavy (non-hydrogen) atoms. The number of anilines is 1. The van der Waals surface area contributed by atoms with Crippen LogP contribution in [-0.2, 0) is 25.5 Å². The number of carboxylic acid groups (broad SMARTS) is 1. The Labute approximate surface area is 385 Å². The van der Waals surface area contributed by atoms with Crippen molar-refractivity contribution < 1.29 is 44.3 Å². The van der Waals surface area contributed by atoms with Gasteiger partial charge in [-0.05, 0) is 89.1 Å². The molecule has 2 aromatic rings. The van der Waals surface area contributed by atoms with E-state index in [1.165, 1.54) is 0 Å². The predicted octanol–water partition coefficient (Wildman–Crippen LogP) is 5.07. The summed E-state index contributed by atoms with van der Waals surface area (Å²) in [6, 6.07) is 5.47. The van der Waals surface area contributed by atoms with E-state index in [1.807, 2.05) is 51.8 Å². The van der Waals surface area contributed by atoms with Crippen molar-refractivity contribution in [2.45, 2.75) is 168 Å². The first-order valence-electron chi connectivity index (χ1n) is 23.3. The zero-order chi connectivity index (χ0) is 47.6. The van der Waals surface area contributed by atoms with Gasteiger partial charge in [0.05, 0.1) is 18.1 Å². The highest BCUT2D eigenvalue weighted by Crippen LogP contribution is 2.33. The summed E-state index contributed by atoms with van der Waals surface area (Å²) in [6.07, 6.45) is 4.61. The maximum Gasteiger partial charge on any atom is 0.309 e. The van der Waals surface area contributed by atoms with Gasteiger partial charge >= 0.3 is 5.97 Å². The molecule has 1 fully saturated rings. The summed E-state index contributed by atoms with van der Waals surface area (Å²) in [5, 5.41) is 51.2. The SMILES string of the molecule is CCCCCCN(C(=O)[C@@H](NC(=O)C[C@H]1CCCCN1C)[C@@H](C)CC)[C@H](C[C@@H](OC(O)NCC(O)CO)c1nc(C(=O)N[C@@H](Cc2ccc(N)cc2)CC(C)(C)C(=O)O)cs1)C(C)C. The van der Waals surface area contributed by atoms with E-state index in [0.717, 1.165) is 68.4 Å². The molecule has 362 valence electrons. The van der Waals surface area contributed by atoms with E-state index in [2.05, 4.69) is 27.8 Å². The lowest BCUT2D eigenvalue weighted by Gasteiger charge is -2.40. The lowest BCUT2D eigenvalue weighted by atomic mass is 9.84. The highest BCUT2D eigenvalue weighted by atomic mass is 32.1. The third-order valence-corrected chi connectivity index (χ3v) is 13.4. The number of unbranched alkanes of at least 4 members (excludes halogenated alkanes) is 3. The van der Waals surface area contributed by atoms with Gasteiger partial charge in [-0.2, -0.15) is 0 Å². The van der Waals surface area contributed by atoms with Crippen molar-refractivity contribution in [3.8, 4) is 0 Å². The van der Waals surface area contributed by atoms with Crippen molar-refractivity contribution in [2.75, 3.05) is 39.0 Å². The van der Waals surface area contributed by atoms with Crippen molar-refractivity contribution in [3.05, 3.63) is 45.9 Å². The Morgan fingerprint density at radius 2 is 1.75 bits per heavy atom. The van der Waals surface area contributed by atoms with E-state index in [-0.39, 0.29) is 54.8 Å². The summed E-state index contributed by atoms with van der Waals surface area (Å²) in [5.74, 6) is -2.14. The lowest BCUT2D eigenvalue weighted by molar-refractivity contribution is -0.167. The number of nitrogens with one attached hydrogen (secondary N) is 3. The summed E-state index contributed by atoms with van der Waals surface area (Å²) in [4.78, 5) is 63.6. The number of nitrogens with zero attached hydrogens (tertiary/aromatic N) is 3. The Hall–Kier alpha value is -3.71. The third kappa shape index (κ3) is 17.6. The molecule has 0 aliphatic carbocycles. The first-order chi connectivity index (χ1) is 30.3. The van der Waals surface area contributed by atoms with Crippen LogP contribution in [0.4, 0.5) is 5.69 Å². The predicted molar refractivity (Wildman–Crippen MR) is 250 cm³/mol. The van der Waals surface area contributed by atoms with Crippen LogP contribution < -0.4 is 21.7 Å². The molecule has 0 saturated carbocycles. The number of nitrogens with two attached hydrogens (primary N) is 1. The minimum atomic E-state index is -1.62. The lowest BCUT2D eigenvalue weighted by Crippen LogP contribution is -2.56. The standard InChI is InChI=1S/C47H79N7O9S/c1-9-11-12-14-22-54(44(59)41(31(5)10-2)52-40(57)24-35-16-13-15-21-53(35)8)38(30(3)4)25-39(63-46(62)49-27-36(56)28-55)43-51-37(29-64-43)42(58)50-34(26-47(6,7)45(60)61)23-32-17-19-33(48)20-18-32/h17-20,29-31,34-36,38-39,41,46,49,55-56,62H,9-16,21-28,48H2,1-8H3,(H,50,58)(H,52,57)(H,60,61)/t31-,34-,35+,36?,38+,39+,41-,46?/m0/s1. The number of piperidine rings is 1. The molecule has 1 saturated heterocycles. The Morgan fingerprint density at radius 3 is 2.36 bits per heavy atom. The van der Waals surface area contributed by atoms with Gasteiger partial charge in [0.25, 0.3) is 5.91 Å². The highest BCUT2D eigenvalue weighted by molar-refractivity contribution is 7.09. The number of ether oxygens (including phenoxy) is 1. The van der Waals surface area contributed by atoms with Crippen LogP contribution >= 0.6 is 11.3 Å². The van der Waals surface area contributed by atoms with E-state index in [0.29, 0.717) is 36.5 Å². The number of amides is 3. The molecule has 1 aliphatic rings. The number of carbonyl (C=O) groups is 4. The Morgan fingerprint density at radius 1 is 1.05 bits per heavy atom. The van der Waals surface area contributed by atoms with Gasteiger partial charge in [-0.15, -0.1) is 11.3 Å². The monoisotopic (exact) mass is 918 g/mol. The third-order valence-electron chi connectivity index (χ3n) is 12.5. The number of aliphatic hydroxyl groups is 3. The van der Waals surface area contributed by atoms with Gasteiger partial charge in [0.1, 0.15) is 22.8 Å². The number of hydrogen-bond donors (Lipinski definition) is 8. The summed E-state index contributed by atoms with van der Waals surface area (Å²) < 4.78 is 6.21. The zero-order valence-corrected chi connectivity index (χ0v) is 40.4. The molecule has 16 nitrogen and oxygen atoms in total. The van der Waals surface area contributed by atoms with Crippen LogP contribution in [0.15, 0.2) is 29.6 Å². The van der Waals surface area contributed by atoms with Crippen LogP contribution in [0.2, 0.25) is 0 Å². The average Bonchev–Trinajstić information content (AvgIpc) is 3.75. The summed E-state index contributed by atoms with van der Waals surface area (Å²) >= 11 is 1.15. The number of aliphatic carboxylic acids is 1. The second-order valence-corrected chi connectivity index (χ2v) is 19.6. The second kappa shape index (κ2) is 27.1. The molecule has 1 aromatic heterocycles. The van der Waals surface area contributed by atoms with Crippen molar-refractivity contribution in [1.29, 1.82) is 0 Å². The maximum absolute atomic E-state index is 15.0. The molecular weight excluding hydrogens is 839 g/mol. The van der Waals surface area contributed by atoms with Crippen molar-refractivity contribution >= 4 is 40.7 Å². The molecule has 0 radical (unpaired) electrons. The minimum Gasteiger partial charge on any atom is -0.481 e. The average molecular weight is 918 g/mol. The molecule has 17 heteroatoms. The molecule has 9 N–H and O–H groups in total. The van der Waals surface area contributed by atoms with E-state index in [4.69, 9.17) is 15.5 Å². The molecule has 0 bridgehead atoms. The van der Waals surface area contributed by atoms with Crippen LogP contribution in [-0.4, -0.2) is 129 Å². The zero-order valence-electron chi connectivity index (χ0n) is 39.6. The minimum absolute atomic E-state index is 0.0685. The summed E-state index contributed by atoms with van der Waals surface area (Å²) in [6.45, 7) is 14.0. The molecule has 8 atom stereocenters. The number of aliphatic hydroxyl groups excluding tert-OH is 3. The number of aromatic nitrogens is 1. The quantitative estimate of drug-likeness (QED) is 0.0303. The summed E-state index contributed by atoms with van der Waals surface area (Å²) in [5.41, 5.74) is 6.26. The van der Waals surface area contributed by atoms with Crippen LogP contribution in [0.3, 0.4) is 0 Å². The smallest absolute Gasteiger partial charge is 0.309 e. The van der Waals surface area contributed by atoms with Crippen molar-refractivity contribution in [1.82, 2.24) is 30.7 Å². The van der Waals surface area contributed by atoms with E-state index in [9.17, 15) is 34.8 Å². The molecule has 3 amide bonds. The molecule has 1 aliphatic heterocycles. The van der Waals surface area contributed by atoms with Gasteiger partial charge in [-0.25, -0.2) is 4.98 Å². The van der Waals surface area contributed by atoms with Crippen LogP contribution in [0.25, 0.3) is 0 Å².